The van der Waals surface area contributed by atoms with Crippen LogP contribution in [0.25, 0.3) is 0 Å². The third kappa shape index (κ3) is 3.98. The van der Waals surface area contributed by atoms with E-state index in [1.54, 1.807) is 24.3 Å². The lowest BCUT2D eigenvalue weighted by atomic mass is 9.91. The molecule has 1 saturated heterocycles. The summed E-state index contributed by atoms with van der Waals surface area (Å²) in [6.45, 7) is 4.38. The number of halogens is 1. The summed E-state index contributed by atoms with van der Waals surface area (Å²) in [5.74, 6) is -0.245. The number of carbonyl (C=O) groups excluding carboxylic acids is 1. The minimum absolute atomic E-state index is 0.0132. The molecule has 1 aliphatic heterocycles. The quantitative estimate of drug-likeness (QED) is 0.783. The van der Waals surface area contributed by atoms with Gasteiger partial charge in [-0.2, -0.15) is 0 Å². The van der Waals surface area contributed by atoms with Gasteiger partial charge in [0, 0.05) is 17.1 Å². The van der Waals surface area contributed by atoms with Crippen molar-refractivity contribution in [2.45, 2.75) is 57.7 Å². The number of esters is 1. The lowest BCUT2D eigenvalue weighted by molar-refractivity contribution is -0.0177. The van der Waals surface area contributed by atoms with Gasteiger partial charge in [-0.25, -0.2) is 4.79 Å². The number of ether oxygens (including phenoxy) is 1. The molecule has 116 valence electrons. The maximum Gasteiger partial charge on any atom is 0.338 e. The highest BCUT2D eigenvalue weighted by Gasteiger charge is 2.33. The first-order chi connectivity index (χ1) is 10.0. The zero-order valence-electron chi connectivity index (χ0n) is 13.0. The Kier molecular flexibility index (Phi) is 5.65. The van der Waals surface area contributed by atoms with Crippen LogP contribution in [-0.2, 0) is 4.74 Å². The predicted molar refractivity (Wildman–Crippen MR) is 85.8 cm³/mol. The van der Waals surface area contributed by atoms with E-state index in [4.69, 9.17) is 16.3 Å². The highest BCUT2D eigenvalue weighted by Crippen LogP contribution is 2.28. The Balaban J connectivity index is 2.01. The van der Waals surface area contributed by atoms with Crippen molar-refractivity contribution >= 4 is 17.6 Å². The van der Waals surface area contributed by atoms with Crippen molar-refractivity contribution in [1.82, 2.24) is 4.90 Å². The molecule has 3 atom stereocenters. The molecule has 0 aliphatic carbocycles. The monoisotopic (exact) mass is 309 g/mol. The van der Waals surface area contributed by atoms with E-state index >= 15 is 0 Å². The number of piperidine rings is 1. The Hall–Kier alpha value is -1.06. The van der Waals surface area contributed by atoms with Crippen LogP contribution in [0.15, 0.2) is 24.3 Å². The van der Waals surface area contributed by atoms with Crippen LogP contribution in [0.5, 0.6) is 0 Å². The Morgan fingerprint density at radius 2 is 1.71 bits per heavy atom. The van der Waals surface area contributed by atoms with Crippen molar-refractivity contribution in [3.63, 3.8) is 0 Å². The second-order valence-electron chi connectivity index (χ2n) is 5.80. The van der Waals surface area contributed by atoms with Crippen LogP contribution in [0.3, 0.4) is 0 Å². The zero-order chi connectivity index (χ0) is 15.4. The van der Waals surface area contributed by atoms with Crippen LogP contribution in [0.2, 0.25) is 5.02 Å². The molecule has 0 unspecified atom stereocenters. The van der Waals surface area contributed by atoms with Gasteiger partial charge >= 0.3 is 5.97 Å². The van der Waals surface area contributed by atoms with Gasteiger partial charge in [0.2, 0.25) is 0 Å². The van der Waals surface area contributed by atoms with Gasteiger partial charge in [0.15, 0.2) is 0 Å². The summed E-state index contributed by atoms with van der Waals surface area (Å²) >= 11 is 5.84. The van der Waals surface area contributed by atoms with Gasteiger partial charge in [-0.3, -0.25) is 0 Å². The molecule has 1 aliphatic rings. The van der Waals surface area contributed by atoms with E-state index in [2.05, 4.69) is 25.8 Å². The lowest BCUT2D eigenvalue weighted by Crippen LogP contribution is -2.49. The molecular formula is C17H24ClNO2. The molecule has 0 radical (unpaired) electrons. The molecule has 0 saturated carbocycles. The fraction of sp³-hybridized carbons (Fsp3) is 0.588. The van der Waals surface area contributed by atoms with Gasteiger partial charge < -0.3 is 9.64 Å². The molecule has 1 heterocycles. The summed E-state index contributed by atoms with van der Waals surface area (Å²) in [4.78, 5) is 14.7. The van der Waals surface area contributed by atoms with Crippen LogP contribution in [-0.4, -0.2) is 36.1 Å². The van der Waals surface area contributed by atoms with Gasteiger partial charge in [0.25, 0.3) is 0 Å². The Labute approximate surface area is 132 Å². The maximum atomic E-state index is 12.2. The third-order valence-corrected chi connectivity index (χ3v) is 4.77. The Morgan fingerprint density at radius 3 is 2.19 bits per heavy atom. The summed E-state index contributed by atoms with van der Waals surface area (Å²) in [5.41, 5.74) is 0.569. The molecule has 1 aromatic rings. The molecular weight excluding hydrogens is 286 g/mol. The van der Waals surface area contributed by atoms with Crippen LogP contribution in [0.4, 0.5) is 0 Å². The number of hydrogen-bond acceptors (Lipinski definition) is 3. The van der Waals surface area contributed by atoms with E-state index in [9.17, 15) is 4.79 Å². The summed E-state index contributed by atoms with van der Waals surface area (Å²) in [7, 11) is 2.18. The molecule has 1 aromatic carbocycles. The standard InChI is InChI=1S/C17H24ClNO2/c1-4-14-10-16(11-15(5-2)19(14)3)21-17(20)12-6-8-13(18)9-7-12/h6-9,14-16H,4-5,10-11H2,1-3H3/t14-,15+,16+. The van der Waals surface area contributed by atoms with E-state index in [0.717, 1.165) is 25.7 Å². The second-order valence-corrected chi connectivity index (χ2v) is 6.23. The zero-order valence-corrected chi connectivity index (χ0v) is 13.8. The largest absolute Gasteiger partial charge is 0.459 e. The Bertz CT molecular complexity index is 460. The highest BCUT2D eigenvalue weighted by molar-refractivity contribution is 6.30. The number of hydrogen-bond donors (Lipinski definition) is 0. The molecule has 21 heavy (non-hydrogen) atoms. The first-order valence-corrected chi connectivity index (χ1v) is 8.11. The average Bonchev–Trinajstić information content (AvgIpc) is 2.49. The topological polar surface area (TPSA) is 29.5 Å². The van der Waals surface area contributed by atoms with E-state index in [1.807, 2.05) is 0 Å². The molecule has 3 nitrogen and oxygen atoms in total. The van der Waals surface area contributed by atoms with Gasteiger partial charge in [0.05, 0.1) is 5.56 Å². The summed E-state index contributed by atoms with van der Waals surface area (Å²) in [6, 6.07) is 7.86. The smallest absolute Gasteiger partial charge is 0.338 e. The van der Waals surface area contributed by atoms with Crippen molar-refractivity contribution < 1.29 is 9.53 Å². The maximum absolute atomic E-state index is 12.2. The molecule has 1 fully saturated rings. The SMILES string of the molecule is CC[C@@H]1C[C@H](OC(=O)c2ccc(Cl)cc2)C[C@H](CC)N1C. The van der Waals surface area contributed by atoms with E-state index in [-0.39, 0.29) is 12.1 Å². The average molecular weight is 310 g/mol. The van der Waals surface area contributed by atoms with E-state index in [1.165, 1.54) is 0 Å². The minimum Gasteiger partial charge on any atom is -0.459 e. The third-order valence-electron chi connectivity index (χ3n) is 4.52. The molecule has 0 bridgehead atoms. The molecule has 0 aromatic heterocycles. The fourth-order valence-corrected chi connectivity index (χ4v) is 3.27. The number of likely N-dealkylation sites (tertiary alicyclic amines) is 1. The van der Waals surface area contributed by atoms with Crippen LogP contribution >= 0.6 is 11.6 Å². The number of carbonyl (C=O) groups is 1. The van der Waals surface area contributed by atoms with Crippen molar-refractivity contribution in [1.29, 1.82) is 0 Å². The van der Waals surface area contributed by atoms with Crippen molar-refractivity contribution in [2.24, 2.45) is 0 Å². The van der Waals surface area contributed by atoms with Crippen molar-refractivity contribution in [3.05, 3.63) is 34.9 Å². The fourth-order valence-electron chi connectivity index (χ4n) is 3.14. The highest BCUT2D eigenvalue weighted by atomic mass is 35.5. The van der Waals surface area contributed by atoms with Gasteiger partial charge in [-0.1, -0.05) is 25.4 Å². The summed E-state index contributed by atoms with van der Waals surface area (Å²) in [5, 5.41) is 0.628. The van der Waals surface area contributed by atoms with Crippen molar-refractivity contribution in [3.8, 4) is 0 Å². The molecule has 0 amide bonds. The first-order valence-electron chi connectivity index (χ1n) is 7.73. The van der Waals surface area contributed by atoms with Gasteiger partial charge in [-0.05, 0) is 57.0 Å². The molecule has 0 spiro atoms. The van der Waals surface area contributed by atoms with Crippen LogP contribution in [0, 0.1) is 0 Å². The van der Waals surface area contributed by atoms with Gasteiger partial charge in [0.1, 0.15) is 6.10 Å². The van der Waals surface area contributed by atoms with E-state index in [0.29, 0.717) is 22.7 Å². The van der Waals surface area contributed by atoms with Crippen LogP contribution < -0.4 is 0 Å². The summed E-state index contributed by atoms with van der Waals surface area (Å²) in [6.07, 6.45) is 4.02. The van der Waals surface area contributed by atoms with E-state index < -0.39 is 0 Å². The minimum atomic E-state index is -0.245. The molecule has 4 heteroatoms. The summed E-state index contributed by atoms with van der Waals surface area (Å²) < 4.78 is 5.72. The normalized spacial score (nSPS) is 26.6. The number of nitrogens with zero attached hydrogens (tertiary/aromatic N) is 1. The molecule has 0 N–H and O–H groups in total. The van der Waals surface area contributed by atoms with Crippen molar-refractivity contribution in [2.75, 3.05) is 7.05 Å². The number of rotatable bonds is 4. The molecule has 2 rings (SSSR count). The number of benzene rings is 1. The second kappa shape index (κ2) is 7.28. The van der Waals surface area contributed by atoms with Gasteiger partial charge in [-0.15, -0.1) is 0 Å². The predicted octanol–water partition coefficient (Wildman–Crippen LogP) is 4.15. The van der Waals surface area contributed by atoms with Crippen LogP contribution in [0.1, 0.15) is 49.9 Å². The lowest BCUT2D eigenvalue weighted by Gasteiger charge is -2.42. The Morgan fingerprint density at radius 1 is 1.19 bits per heavy atom. The first kappa shape index (κ1) is 16.3.